The maximum atomic E-state index is 12.9. The highest BCUT2D eigenvalue weighted by Crippen LogP contribution is 2.30. The number of hydrogen-bond donors (Lipinski definition) is 2. The van der Waals surface area contributed by atoms with E-state index in [9.17, 15) is 13.2 Å². The number of aromatic nitrogens is 2. The van der Waals surface area contributed by atoms with Crippen molar-refractivity contribution in [1.82, 2.24) is 9.97 Å². The lowest BCUT2D eigenvalue weighted by atomic mass is 10.3. The van der Waals surface area contributed by atoms with Gasteiger partial charge in [-0.2, -0.15) is 18.2 Å². The zero-order valence-electron chi connectivity index (χ0n) is 12.2. The smallest absolute Gasteiger partial charge is 0.365 e. The lowest BCUT2D eigenvalue weighted by molar-refractivity contribution is -0.141. The molecule has 0 saturated heterocycles. The number of rotatable bonds is 6. The molecule has 2 rings (SSSR count). The SMILES string of the molecule is CC[C@H](C)Nc1nc(NCc2cccs2)cc(C(F)(F)F)n1. The molecule has 8 heteroatoms. The fourth-order valence-corrected chi connectivity index (χ4v) is 2.31. The molecule has 0 saturated carbocycles. The number of halogens is 3. The van der Waals surface area contributed by atoms with Gasteiger partial charge in [0.05, 0.1) is 6.54 Å². The van der Waals surface area contributed by atoms with Gasteiger partial charge in [0.1, 0.15) is 5.82 Å². The average Bonchev–Trinajstić information content (AvgIpc) is 2.97. The van der Waals surface area contributed by atoms with Gasteiger partial charge in [0.15, 0.2) is 5.69 Å². The second-order valence-corrected chi connectivity index (χ2v) is 5.88. The van der Waals surface area contributed by atoms with Gasteiger partial charge in [-0.15, -0.1) is 11.3 Å². The van der Waals surface area contributed by atoms with Crippen molar-refractivity contribution < 1.29 is 13.2 Å². The average molecular weight is 330 g/mol. The van der Waals surface area contributed by atoms with E-state index >= 15 is 0 Å². The lowest BCUT2D eigenvalue weighted by Crippen LogP contribution is -2.19. The van der Waals surface area contributed by atoms with Crippen LogP contribution in [0.4, 0.5) is 24.9 Å². The lowest BCUT2D eigenvalue weighted by Gasteiger charge is -2.15. The summed E-state index contributed by atoms with van der Waals surface area (Å²) in [7, 11) is 0. The van der Waals surface area contributed by atoms with E-state index < -0.39 is 11.9 Å². The molecule has 2 aromatic heterocycles. The molecule has 0 spiro atoms. The predicted octanol–water partition coefficient (Wildman–Crippen LogP) is 4.38. The molecule has 0 radical (unpaired) electrons. The van der Waals surface area contributed by atoms with Gasteiger partial charge in [0.2, 0.25) is 5.95 Å². The summed E-state index contributed by atoms with van der Waals surface area (Å²) in [6, 6.07) is 4.71. The molecule has 0 bridgehead atoms. The van der Waals surface area contributed by atoms with E-state index in [-0.39, 0.29) is 17.8 Å². The van der Waals surface area contributed by atoms with Crippen LogP contribution in [0.15, 0.2) is 23.6 Å². The van der Waals surface area contributed by atoms with Crippen LogP contribution in [-0.4, -0.2) is 16.0 Å². The van der Waals surface area contributed by atoms with Crippen molar-refractivity contribution in [3.8, 4) is 0 Å². The van der Waals surface area contributed by atoms with Crippen LogP contribution in [0.25, 0.3) is 0 Å². The first kappa shape index (κ1) is 16.5. The molecule has 0 amide bonds. The van der Waals surface area contributed by atoms with Crippen molar-refractivity contribution >= 4 is 23.1 Å². The Morgan fingerprint density at radius 2 is 2.09 bits per heavy atom. The third kappa shape index (κ3) is 4.59. The number of thiophene rings is 1. The fraction of sp³-hybridized carbons (Fsp3) is 0.429. The summed E-state index contributed by atoms with van der Waals surface area (Å²) in [5.74, 6) is 0.138. The number of hydrogen-bond acceptors (Lipinski definition) is 5. The first-order valence-electron chi connectivity index (χ1n) is 6.87. The number of anilines is 2. The largest absolute Gasteiger partial charge is 0.433 e. The molecule has 4 nitrogen and oxygen atoms in total. The van der Waals surface area contributed by atoms with Gasteiger partial charge in [0, 0.05) is 17.0 Å². The molecule has 1 atom stereocenters. The Labute approximate surface area is 130 Å². The van der Waals surface area contributed by atoms with Gasteiger partial charge >= 0.3 is 6.18 Å². The molecule has 0 aromatic carbocycles. The second-order valence-electron chi connectivity index (χ2n) is 4.85. The molecule has 120 valence electrons. The summed E-state index contributed by atoms with van der Waals surface area (Å²) in [5.41, 5.74) is -0.956. The Morgan fingerprint density at radius 1 is 1.32 bits per heavy atom. The summed E-state index contributed by atoms with van der Waals surface area (Å²) in [4.78, 5) is 8.68. The summed E-state index contributed by atoms with van der Waals surface area (Å²) in [6.45, 7) is 4.22. The van der Waals surface area contributed by atoms with E-state index in [0.717, 1.165) is 17.4 Å². The van der Waals surface area contributed by atoms with Crippen LogP contribution >= 0.6 is 11.3 Å². The van der Waals surface area contributed by atoms with Crippen molar-refractivity contribution in [2.75, 3.05) is 10.6 Å². The normalized spacial score (nSPS) is 13.0. The number of nitrogens with zero attached hydrogens (tertiary/aromatic N) is 2. The van der Waals surface area contributed by atoms with Gasteiger partial charge in [-0.25, -0.2) is 4.98 Å². The van der Waals surface area contributed by atoms with E-state index in [1.807, 2.05) is 31.4 Å². The highest BCUT2D eigenvalue weighted by atomic mass is 32.1. The van der Waals surface area contributed by atoms with E-state index in [2.05, 4.69) is 20.6 Å². The first-order chi connectivity index (χ1) is 10.4. The highest BCUT2D eigenvalue weighted by molar-refractivity contribution is 7.09. The van der Waals surface area contributed by atoms with E-state index in [1.165, 1.54) is 11.3 Å². The van der Waals surface area contributed by atoms with Gasteiger partial charge in [0.25, 0.3) is 0 Å². The van der Waals surface area contributed by atoms with E-state index in [1.54, 1.807) is 0 Å². The molecule has 2 N–H and O–H groups in total. The standard InChI is InChI=1S/C14H17F3N4S/c1-3-9(2)19-13-20-11(14(15,16)17)7-12(21-13)18-8-10-5-4-6-22-10/h4-7,9H,3,8H2,1-2H3,(H2,18,19,20,21)/t9-/m0/s1. The van der Waals surface area contributed by atoms with Crippen LogP contribution in [0, 0.1) is 0 Å². The topological polar surface area (TPSA) is 49.8 Å². The predicted molar refractivity (Wildman–Crippen MR) is 82.1 cm³/mol. The monoisotopic (exact) mass is 330 g/mol. The Balaban J connectivity index is 2.21. The molecule has 0 unspecified atom stereocenters. The summed E-state index contributed by atoms with van der Waals surface area (Å²) >= 11 is 1.53. The third-order valence-corrected chi connectivity index (χ3v) is 3.90. The molecule has 0 fully saturated rings. The van der Waals surface area contributed by atoms with E-state index in [0.29, 0.717) is 6.54 Å². The Morgan fingerprint density at radius 3 is 2.68 bits per heavy atom. The van der Waals surface area contributed by atoms with Gasteiger partial charge in [-0.1, -0.05) is 13.0 Å². The maximum Gasteiger partial charge on any atom is 0.433 e. The van der Waals surface area contributed by atoms with Crippen molar-refractivity contribution in [3.05, 3.63) is 34.2 Å². The zero-order valence-corrected chi connectivity index (χ0v) is 13.1. The molecule has 0 aliphatic carbocycles. The molecule has 22 heavy (non-hydrogen) atoms. The molecular weight excluding hydrogens is 313 g/mol. The second kappa shape index (κ2) is 6.95. The number of alkyl halides is 3. The highest BCUT2D eigenvalue weighted by Gasteiger charge is 2.33. The maximum absolute atomic E-state index is 12.9. The molecule has 2 heterocycles. The third-order valence-electron chi connectivity index (χ3n) is 3.03. The number of nitrogens with one attached hydrogen (secondary N) is 2. The van der Waals surface area contributed by atoms with Crippen molar-refractivity contribution in [2.45, 2.75) is 39.0 Å². The van der Waals surface area contributed by atoms with Crippen LogP contribution in [0.2, 0.25) is 0 Å². The minimum Gasteiger partial charge on any atom is -0.365 e. The van der Waals surface area contributed by atoms with Crippen LogP contribution < -0.4 is 10.6 Å². The van der Waals surface area contributed by atoms with Gasteiger partial charge in [-0.3, -0.25) is 0 Å². The minimum atomic E-state index is -4.51. The Bertz CT molecular complexity index is 599. The quantitative estimate of drug-likeness (QED) is 0.825. The van der Waals surface area contributed by atoms with Crippen LogP contribution in [0.3, 0.4) is 0 Å². The van der Waals surface area contributed by atoms with Gasteiger partial charge < -0.3 is 10.6 Å². The Kier molecular flexibility index (Phi) is 5.23. The zero-order chi connectivity index (χ0) is 16.2. The van der Waals surface area contributed by atoms with Crippen LogP contribution in [0.5, 0.6) is 0 Å². The molecular formula is C14H17F3N4S. The van der Waals surface area contributed by atoms with E-state index in [4.69, 9.17) is 0 Å². The molecule has 0 aliphatic heterocycles. The van der Waals surface area contributed by atoms with Crippen LogP contribution in [-0.2, 0) is 12.7 Å². The van der Waals surface area contributed by atoms with Crippen molar-refractivity contribution in [1.29, 1.82) is 0 Å². The van der Waals surface area contributed by atoms with Crippen LogP contribution in [0.1, 0.15) is 30.8 Å². The summed E-state index contributed by atoms with van der Waals surface area (Å²) in [6.07, 6.45) is -3.74. The molecule has 0 aliphatic rings. The fourth-order valence-electron chi connectivity index (χ4n) is 1.66. The van der Waals surface area contributed by atoms with Crippen molar-refractivity contribution in [2.24, 2.45) is 0 Å². The summed E-state index contributed by atoms with van der Waals surface area (Å²) < 4.78 is 38.8. The Hall–Kier alpha value is -1.83. The minimum absolute atomic E-state index is 0.00590. The van der Waals surface area contributed by atoms with Crippen molar-refractivity contribution in [3.63, 3.8) is 0 Å². The molecule has 2 aromatic rings. The van der Waals surface area contributed by atoms with Gasteiger partial charge in [-0.05, 0) is 24.8 Å². The summed E-state index contributed by atoms with van der Waals surface area (Å²) in [5, 5.41) is 7.70. The first-order valence-corrected chi connectivity index (χ1v) is 7.75.